The highest BCUT2D eigenvalue weighted by Gasteiger charge is 2.15. The van der Waals surface area contributed by atoms with E-state index in [1.54, 1.807) is 85.3 Å². The van der Waals surface area contributed by atoms with Crippen molar-refractivity contribution >= 4 is 49.4 Å². The average molecular weight is 493 g/mol. The summed E-state index contributed by atoms with van der Waals surface area (Å²) in [6.45, 7) is 0. The summed E-state index contributed by atoms with van der Waals surface area (Å²) in [5, 5.41) is 16.5. The highest BCUT2D eigenvalue weighted by Crippen LogP contribution is 2.28. The minimum Gasteiger partial charge on any atom is -0.355 e. The summed E-state index contributed by atoms with van der Waals surface area (Å²) in [6.07, 6.45) is 4.99. The van der Waals surface area contributed by atoms with E-state index in [1.165, 1.54) is 6.07 Å². The predicted molar refractivity (Wildman–Crippen MR) is 141 cm³/mol. The number of hydrogen-bond donors (Lipinski definition) is 3. The Labute approximate surface area is 208 Å². The van der Waals surface area contributed by atoms with Gasteiger partial charge in [-0.15, -0.1) is 0 Å². The Balaban J connectivity index is 1.37. The topological polar surface area (TPSA) is 120 Å². The first-order valence-electron chi connectivity index (χ1n) is 11.0. The van der Waals surface area contributed by atoms with E-state index in [2.05, 4.69) is 31.4 Å². The Morgan fingerprint density at radius 3 is 2.28 bits per heavy atom. The molecule has 36 heavy (non-hydrogen) atoms. The maximum absolute atomic E-state index is 13.1. The number of nitriles is 1. The van der Waals surface area contributed by atoms with Gasteiger partial charge in [0.05, 0.1) is 27.7 Å². The van der Waals surface area contributed by atoms with Crippen LogP contribution in [0.3, 0.4) is 0 Å². The molecule has 176 valence electrons. The molecule has 0 fully saturated rings. The molecule has 2 aromatic heterocycles. The minimum absolute atomic E-state index is 0.129. The Kier molecular flexibility index (Phi) is 6.18. The molecular formula is C27H20N6O2S. The molecular weight excluding hydrogens is 472 g/mol. The lowest BCUT2D eigenvalue weighted by molar-refractivity contribution is 0.601. The molecule has 0 saturated heterocycles. The summed E-state index contributed by atoms with van der Waals surface area (Å²) in [5.74, 6) is 0. The molecule has 0 atom stereocenters. The third-order valence-electron chi connectivity index (χ3n) is 5.38. The first-order chi connectivity index (χ1) is 17.5. The van der Waals surface area contributed by atoms with E-state index in [1.807, 2.05) is 12.1 Å². The fraction of sp³-hybridized carbons (Fsp3) is 0. The van der Waals surface area contributed by atoms with Gasteiger partial charge in [0.15, 0.2) is 0 Å². The monoisotopic (exact) mass is 492 g/mol. The number of pyridine rings is 2. The summed E-state index contributed by atoms with van der Waals surface area (Å²) in [5.41, 5.74) is 4.56. The predicted octanol–water partition coefficient (Wildman–Crippen LogP) is 5.79. The van der Waals surface area contributed by atoms with Crippen molar-refractivity contribution in [2.24, 2.45) is 0 Å². The van der Waals surface area contributed by atoms with Crippen molar-refractivity contribution in [3.05, 3.63) is 109 Å². The van der Waals surface area contributed by atoms with E-state index in [0.717, 1.165) is 22.3 Å². The number of fused-ring (bicyclic) bond motifs is 1. The van der Waals surface area contributed by atoms with Crippen LogP contribution in [-0.4, -0.2) is 18.4 Å². The molecule has 0 aliphatic heterocycles. The highest BCUT2D eigenvalue weighted by atomic mass is 32.2. The molecule has 2 heterocycles. The van der Waals surface area contributed by atoms with E-state index in [9.17, 15) is 13.7 Å². The van der Waals surface area contributed by atoms with Crippen molar-refractivity contribution in [3.8, 4) is 6.07 Å². The van der Waals surface area contributed by atoms with Crippen LogP contribution in [0.4, 0.5) is 28.4 Å². The molecule has 0 aliphatic carbocycles. The van der Waals surface area contributed by atoms with Gasteiger partial charge in [0, 0.05) is 46.7 Å². The van der Waals surface area contributed by atoms with Crippen LogP contribution in [0.5, 0.6) is 0 Å². The Morgan fingerprint density at radius 1 is 0.722 bits per heavy atom. The maximum atomic E-state index is 13.1. The highest BCUT2D eigenvalue weighted by molar-refractivity contribution is 7.92. The molecule has 5 rings (SSSR count). The van der Waals surface area contributed by atoms with Crippen LogP contribution >= 0.6 is 0 Å². The van der Waals surface area contributed by atoms with Crippen LogP contribution in [0, 0.1) is 11.3 Å². The number of aromatic nitrogens is 2. The second kappa shape index (κ2) is 9.74. The zero-order valence-electron chi connectivity index (χ0n) is 18.9. The van der Waals surface area contributed by atoms with Crippen molar-refractivity contribution < 1.29 is 8.42 Å². The summed E-state index contributed by atoms with van der Waals surface area (Å²) < 4.78 is 28.9. The van der Waals surface area contributed by atoms with Crippen LogP contribution in [0.1, 0.15) is 5.56 Å². The molecule has 0 aliphatic rings. The van der Waals surface area contributed by atoms with Gasteiger partial charge in [-0.1, -0.05) is 12.1 Å². The third-order valence-corrected chi connectivity index (χ3v) is 6.76. The lowest BCUT2D eigenvalue weighted by Crippen LogP contribution is -2.13. The number of nitrogens with one attached hydrogen (secondary N) is 3. The van der Waals surface area contributed by atoms with E-state index in [0.29, 0.717) is 22.6 Å². The molecule has 0 unspecified atom stereocenters. The van der Waals surface area contributed by atoms with Gasteiger partial charge in [-0.25, -0.2) is 8.42 Å². The van der Waals surface area contributed by atoms with Crippen LogP contribution in [0.2, 0.25) is 0 Å². The number of hydrogen-bond acceptors (Lipinski definition) is 7. The van der Waals surface area contributed by atoms with Gasteiger partial charge >= 0.3 is 0 Å². The molecule has 9 heteroatoms. The van der Waals surface area contributed by atoms with Gasteiger partial charge in [0.2, 0.25) is 0 Å². The smallest absolute Gasteiger partial charge is 0.261 e. The lowest BCUT2D eigenvalue weighted by Gasteiger charge is -2.13. The standard InChI is InChI=1S/C27H20N6O2S/c28-18-19-7-8-26-25(15-19)27(11-14-30-26)32-21-3-1-5-23(16-21)33-36(34,35)24-6-2-4-22(17-24)31-20-9-12-29-13-10-20/h1-17,33H,(H,29,31)(H,30,32). The number of rotatable bonds is 7. The second-order valence-corrected chi connectivity index (χ2v) is 9.58. The number of nitrogens with zero attached hydrogens (tertiary/aromatic N) is 3. The summed E-state index contributed by atoms with van der Waals surface area (Å²) >= 11 is 0. The number of anilines is 5. The van der Waals surface area contributed by atoms with Crippen molar-refractivity contribution in [1.29, 1.82) is 5.26 Å². The Bertz CT molecular complexity index is 1700. The van der Waals surface area contributed by atoms with E-state index in [-0.39, 0.29) is 4.90 Å². The first-order valence-corrected chi connectivity index (χ1v) is 12.4. The number of benzene rings is 3. The SMILES string of the molecule is N#Cc1ccc2nccc(Nc3cccc(NS(=O)(=O)c4cccc(Nc5ccncc5)c4)c3)c2c1. The van der Waals surface area contributed by atoms with Gasteiger partial charge in [-0.3, -0.25) is 14.7 Å². The summed E-state index contributed by atoms with van der Waals surface area (Å²) in [7, 11) is -3.84. The van der Waals surface area contributed by atoms with Crippen molar-refractivity contribution in [1.82, 2.24) is 9.97 Å². The van der Waals surface area contributed by atoms with Gasteiger partial charge in [-0.2, -0.15) is 5.26 Å². The van der Waals surface area contributed by atoms with Crippen molar-refractivity contribution in [3.63, 3.8) is 0 Å². The van der Waals surface area contributed by atoms with Crippen molar-refractivity contribution in [2.45, 2.75) is 4.90 Å². The van der Waals surface area contributed by atoms with E-state index >= 15 is 0 Å². The van der Waals surface area contributed by atoms with Crippen LogP contribution in [0.15, 0.2) is 108 Å². The van der Waals surface area contributed by atoms with Gasteiger partial charge in [0.25, 0.3) is 10.0 Å². The van der Waals surface area contributed by atoms with Crippen molar-refractivity contribution in [2.75, 3.05) is 15.4 Å². The zero-order chi connectivity index (χ0) is 25.0. The van der Waals surface area contributed by atoms with Gasteiger partial charge in [0.1, 0.15) is 0 Å². The fourth-order valence-corrected chi connectivity index (χ4v) is 4.79. The molecule has 8 nitrogen and oxygen atoms in total. The normalized spacial score (nSPS) is 11.0. The quantitative estimate of drug-likeness (QED) is 0.263. The zero-order valence-corrected chi connectivity index (χ0v) is 19.7. The largest absolute Gasteiger partial charge is 0.355 e. The molecule has 3 N–H and O–H groups in total. The van der Waals surface area contributed by atoms with E-state index < -0.39 is 10.0 Å². The van der Waals surface area contributed by atoms with Gasteiger partial charge in [-0.05, 0) is 72.8 Å². The first kappa shape index (κ1) is 22.8. The lowest BCUT2D eigenvalue weighted by atomic mass is 10.1. The molecule has 0 bridgehead atoms. The molecule has 0 saturated carbocycles. The number of sulfonamides is 1. The third kappa shape index (κ3) is 5.09. The molecule has 5 aromatic rings. The summed E-state index contributed by atoms with van der Waals surface area (Å²) in [4.78, 5) is 8.45. The Morgan fingerprint density at radius 2 is 1.47 bits per heavy atom. The minimum atomic E-state index is -3.84. The molecule has 3 aromatic carbocycles. The van der Waals surface area contributed by atoms with E-state index in [4.69, 9.17) is 0 Å². The molecule has 0 amide bonds. The summed E-state index contributed by atoms with van der Waals surface area (Å²) in [6, 6.07) is 26.4. The van der Waals surface area contributed by atoms with Crippen LogP contribution in [0.25, 0.3) is 10.9 Å². The van der Waals surface area contributed by atoms with Crippen LogP contribution in [-0.2, 0) is 10.0 Å². The maximum Gasteiger partial charge on any atom is 0.261 e. The van der Waals surface area contributed by atoms with Crippen LogP contribution < -0.4 is 15.4 Å². The average Bonchev–Trinajstić information content (AvgIpc) is 2.89. The second-order valence-electron chi connectivity index (χ2n) is 7.90. The molecule has 0 spiro atoms. The molecule has 0 radical (unpaired) electrons. The van der Waals surface area contributed by atoms with Gasteiger partial charge < -0.3 is 10.6 Å². The fourth-order valence-electron chi connectivity index (χ4n) is 3.70. The Hall–Kier alpha value is -4.94.